The van der Waals surface area contributed by atoms with Crippen molar-refractivity contribution in [2.45, 2.75) is 35.9 Å². The van der Waals surface area contributed by atoms with Gasteiger partial charge in [0, 0.05) is 44.5 Å². The topological polar surface area (TPSA) is 119 Å². The second-order valence-electron chi connectivity index (χ2n) is 7.52. The number of carbonyl (C=O) groups is 1. The minimum absolute atomic E-state index is 0.154. The van der Waals surface area contributed by atoms with E-state index in [1.54, 1.807) is 29.9 Å². The quantitative estimate of drug-likeness (QED) is 0.428. The second-order valence-corrected chi connectivity index (χ2v) is 8.53. The molecule has 166 valence electrons. The summed E-state index contributed by atoms with van der Waals surface area (Å²) in [5.74, 6) is 0.565. The second kappa shape index (κ2) is 9.77. The number of aromatic nitrogens is 4. The first-order valence-electron chi connectivity index (χ1n) is 10.3. The number of nitrogens with one attached hydrogen (secondary N) is 1. The Kier molecular flexibility index (Phi) is 6.64. The molecule has 0 bridgehead atoms. The zero-order valence-electron chi connectivity index (χ0n) is 17.6. The number of pyridine rings is 1. The highest BCUT2D eigenvalue weighted by Crippen LogP contribution is 2.34. The van der Waals surface area contributed by atoms with Crippen molar-refractivity contribution in [3.8, 4) is 0 Å². The maximum absolute atomic E-state index is 12.6. The minimum atomic E-state index is -0.501. The average Bonchev–Trinajstić information content (AvgIpc) is 3.22. The number of nitrogens with zero attached hydrogens (tertiary/aromatic N) is 6. The summed E-state index contributed by atoms with van der Waals surface area (Å²) >= 11 is 1.12. The molecule has 1 fully saturated rings. The number of rotatable bonds is 7. The number of hydrogen-bond donors (Lipinski definition) is 1. The molecule has 1 aliphatic heterocycles. The van der Waals surface area contributed by atoms with Gasteiger partial charge in [0.25, 0.3) is 11.6 Å². The standard InChI is InChI=1S/C21H23N7O3S/c1-26-14-24-25-21(26)32-18-7-6-16(11-17(18)28(30)31)20(29)23-13-15-5-8-19(22-12-15)27-9-3-2-4-10-27/h5-8,11-12,14H,2-4,9-10,13H2,1H3,(H,23,29). The molecule has 10 nitrogen and oxygen atoms in total. The Morgan fingerprint density at radius 1 is 1.22 bits per heavy atom. The van der Waals surface area contributed by atoms with Crippen LogP contribution in [0, 0.1) is 10.1 Å². The number of aryl methyl sites for hydroxylation is 1. The van der Waals surface area contributed by atoms with E-state index >= 15 is 0 Å². The SMILES string of the molecule is Cn1cnnc1Sc1ccc(C(=O)NCc2ccc(N3CCCCC3)nc2)cc1[N+](=O)[O-]. The summed E-state index contributed by atoms with van der Waals surface area (Å²) in [5.41, 5.74) is 0.929. The van der Waals surface area contributed by atoms with Crippen LogP contribution < -0.4 is 10.2 Å². The summed E-state index contributed by atoms with van der Waals surface area (Å²) in [6.07, 6.45) is 6.90. The predicted octanol–water partition coefficient (Wildman–Crippen LogP) is 3.19. The highest BCUT2D eigenvalue weighted by atomic mass is 32.2. The smallest absolute Gasteiger partial charge is 0.284 e. The molecule has 32 heavy (non-hydrogen) atoms. The lowest BCUT2D eigenvalue weighted by Crippen LogP contribution is -2.30. The Labute approximate surface area is 189 Å². The molecule has 1 aromatic carbocycles. The molecule has 2 aromatic heterocycles. The van der Waals surface area contributed by atoms with Gasteiger partial charge in [0.1, 0.15) is 12.1 Å². The van der Waals surface area contributed by atoms with Crippen LogP contribution in [0.2, 0.25) is 0 Å². The van der Waals surface area contributed by atoms with Crippen LogP contribution in [0.3, 0.4) is 0 Å². The molecule has 0 radical (unpaired) electrons. The third-order valence-electron chi connectivity index (χ3n) is 5.23. The molecule has 1 saturated heterocycles. The van der Waals surface area contributed by atoms with Crippen molar-refractivity contribution in [1.29, 1.82) is 0 Å². The highest BCUT2D eigenvalue weighted by Gasteiger charge is 2.20. The number of benzene rings is 1. The molecule has 4 rings (SSSR count). The fourth-order valence-corrected chi connectivity index (χ4v) is 4.32. The zero-order valence-corrected chi connectivity index (χ0v) is 18.4. The Bertz CT molecular complexity index is 1110. The predicted molar refractivity (Wildman–Crippen MR) is 120 cm³/mol. The van der Waals surface area contributed by atoms with Gasteiger partial charge in [-0.1, -0.05) is 6.07 Å². The van der Waals surface area contributed by atoms with Crippen LogP contribution in [0.25, 0.3) is 0 Å². The van der Waals surface area contributed by atoms with Crippen LogP contribution in [0.1, 0.15) is 35.2 Å². The molecule has 1 amide bonds. The third-order valence-corrected chi connectivity index (χ3v) is 6.35. The van der Waals surface area contributed by atoms with Crippen LogP contribution in [0.15, 0.2) is 52.9 Å². The number of nitro groups is 1. The first-order valence-corrected chi connectivity index (χ1v) is 11.1. The fraction of sp³-hybridized carbons (Fsp3) is 0.333. The Balaban J connectivity index is 1.41. The summed E-state index contributed by atoms with van der Waals surface area (Å²) in [6.45, 7) is 2.33. The van der Waals surface area contributed by atoms with Crippen LogP contribution in [0.5, 0.6) is 0 Å². The Hall–Kier alpha value is -3.47. The summed E-state index contributed by atoms with van der Waals surface area (Å²) in [7, 11) is 1.75. The van der Waals surface area contributed by atoms with Gasteiger partial charge in [-0.05, 0) is 54.8 Å². The van der Waals surface area contributed by atoms with Gasteiger partial charge in [-0.3, -0.25) is 14.9 Å². The molecule has 1 N–H and O–H groups in total. The largest absolute Gasteiger partial charge is 0.357 e. The van der Waals surface area contributed by atoms with Crippen molar-refractivity contribution in [1.82, 2.24) is 25.1 Å². The number of amides is 1. The van der Waals surface area contributed by atoms with Gasteiger partial charge in [-0.2, -0.15) is 0 Å². The highest BCUT2D eigenvalue weighted by molar-refractivity contribution is 7.99. The third kappa shape index (κ3) is 5.05. The first-order chi connectivity index (χ1) is 15.5. The van der Waals surface area contributed by atoms with E-state index in [9.17, 15) is 14.9 Å². The lowest BCUT2D eigenvalue weighted by Gasteiger charge is -2.27. The van der Waals surface area contributed by atoms with Gasteiger partial charge in [0.15, 0.2) is 5.16 Å². The van der Waals surface area contributed by atoms with Crippen LogP contribution in [0.4, 0.5) is 11.5 Å². The number of carbonyl (C=O) groups excluding carboxylic acids is 1. The maximum atomic E-state index is 12.6. The number of nitro benzene ring substituents is 1. The molecule has 3 aromatic rings. The monoisotopic (exact) mass is 453 g/mol. The van der Waals surface area contributed by atoms with E-state index in [2.05, 4.69) is 25.4 Å². The lowest BCUT2D eigenvalue weighted by molar-refractivity contribution is -0.387. The van der Waals surface area contributed by atoms with Crippen LogP contribution >= 0.6 is 11.8 Å². The van der Waals surface area contributed by atoms with Gasteiger partial charge in [0.05, 0.1) is 9.82 Å². The first kappa shape index (κ1) is 21.8. The van der Waals surface area contributed by atoms with E-state index in [4.69, 9.17) is 0 Å². The van der Waals surface area contributed by atoms with Gasteiger partial charge < -0.3 is 14.8 Å². The molecule has 0 spiro atoms. The number of piperidine rings is 1. The Morgan fingerprint density at radius 2 is 2.03 bits per heavy atom. The normalized spacial score (nSPS) is 13.7. The van der Waals surface area contributed by atoms with Crippen molar-refractivity contribution in [3.63, 3.8) is 0 Å². The van der Waals surface area contributed by atoms with Crippen molar-refractivity contribution >= 4 is 29.2 Å². The molecular weight excluding hydrogens is 430 g/mol. The average molecular weight is 454 g/mol. The molecule has 0 saturated carbocycles. The minimum Gasteiger partial charge on any atom is -0.357 e. The van der Waals surface area contributed by atoms with E-state index < -0.39 is 4.92 Å². The van der Waals surface area contributed by atoms with Crippen LogP contribution in [-0.2, 0) is 13.6 Å². The van der Waals surface area contributed by atoms with Gasteiger partial charge >= 0.3 is 0 Å². The molecular formula is C21H23N7O3S. The van der Waals surface area contributed by atoms with E-state index in [1.165, 1.54) is 31.7 Å². The van der Waals surface area contributed by atoms with E-state index in [0.717, 1.165) is 36.2 Å². The van der Waals surface area contributed by atoms with E-state index in [0.29, 0.717) is 10.1 Å². The molecule has 0 aliphatic carbocycles. The molecule has 1 aliphatic rings. The zero-order chi connectivity index (χ0) is 22.5. The lowest BCUT2D eigenvalue weighted by atomic mass is 10.1. The van der Waals surface area contributed by atoms with Crippen molar-refractivity contribution in [2.24, 2.45) is 7.05 Å². The van der Waals surface area contributed by atoms with E-state index in [1.807, 2.05) is 12.1 Å². The van der Waals surface area contributed by atoms with Gasteiger partial charge in [-0.15, -0.1) is 10.2 Å². The van der Waals surface area contributed by atoms with Crippen molar-refractivity contribution in [2.75, 3.05) is 18.0 Å². The molecule has 11 heteroatoms. The van der Waals surface area contributed by atoms with Crippen LogP contribution in [-0.4, -0.2) is 43.7 Å². The van der Waals surface area contributed by atoms with Crippen molar-refractivity contribution in [3.05, 3.63) is 64.1 Å². The van der Waals surface area contributed by atoms with Gasteiger partial charge in [-0.25, -0.2) is 4.98 Å². The summed E-state index contributed by atoms with van der Waals surface area (Å²) in [6, 6.07) is 8.32. The molecule has 0 atom stereocenters. The molecule has 3 heterocycles. The summed E-state index contributed by atoms with van der Waals surface area (Å²) in [4.78, 5) is 30.8. The van der Waals surface area contributed by atoms with Gasteiger partial charge in [0.2, 0.25) is 0 Å². The van der Waals surface area contributed by atoms with Crippen molar-refractivity contribution < 1.29 is 9.72 Å². The summed E-state index contributed by atoms with van der Waals surface area (Å²) in [5, 5.41) is 22.6. The summed E-state index contributed by atoms with van der Waals surface area (Å²) < 4.78 is 1.67. The maximum Gasteiger partial charge on any atom is 0.284 e. The molecule has 0 unspecified atom stereocenters. The number of anilines is 1. The fourth-order valence-electron chi connectivity index (χ4n) is 3.47. The van der Waals surface area contributed by atoms with E-state index in [-0.39, 0.29) is 23.7 Å². The number of hydrogen-bond acceptors (Lipinski definition) is 8. The Morgan fingerprint density at radius 3 is 2.69 bits per heavy atom.